The Hall–Kier alpha value is -2.96. The van der Waals surface area contributed by atoms with Gasteiger partial charge in [-0.25, -0.2) is 0 Å². The van der Waals surface area contributed by atoms with Gasteiger partial charge in [-0.2, -0.15) is 0 Å². The number of benzene rings is 3. The van der Waals surface area contributed by atoms with Crippen molar-refractivity contribution in [2.45, 2.75) is 0 Å². The molecule has 0 unspecified atom stereocenters. The summed E-state index contributed by atoms with van der Waals surface area (Å²) in [6, 6.07) is 35.8. The van der Waals surface area contributed by atoms with Gasteiger partial charge in [0.1, 0.15) is 0 Å². The van der Waals surface area contributed by atoms with Crippen LogP contribution in [0.4, 0.5) is 5.69 Å². The predicted octanol–water partition coefficient (Wildman–Crippen LogP) is 4.89. The zero-order chi connectivity index (χ0) is 17.7. The van der Waals surface area contributed by atoms with E-state index in [2.05, 4.69) is 96.0 Å². The molecule has 0 saturated carbocycles. The maximum absolute atomic E-state index is 5.35. The molecular weight excluding hydrogens is 335 g/mol. The highest BCUT2D eigenvalue weighted by molar-refractivity contribution is 7.87. The minimum Gasteiger partial charge on any atom is -0.262 e. The normalized spacial score (nSPS) is 11.1. The highest BCUT2D eigenvalue weighted by Crippen LogP contribution is 2.48. The molecule has 0 atom stereocenters. The van der Waals surface area contributed by atoms with Gasteiger partial charge in [0.15, 0.2) is 0 Å². The highest BCUT2D eigenvalue weighted by Gasteiger charge is 2.27. The zero-order valence-electron chi connectivity index (χ0n) is 14.3. The monoisotopic (exact) mass is 354 g/mol. The fourth-order valence-electron chi connectivity index (χ4n) is 3.14. The Labute approximate surface area is 154 Å². The molecule has 1 aromatic heterocycles. The minimum atomic E-state index is -2.19. The first-order valence-electron chi connectivity index (χ1n) is 8.59. The minimum absolute atomic E-state index is 0.900. The van der Waals surface area contributed by atoms with Crippen LogP contribution in [0.5, 0.6) is 0 Å². The van der Waals surface area contributed by atoms with Crippen LogP contribution in [0.25, 0.3) is 0 Å². The lowest BCUT2D eigenvalue weighted by atomic mass is 10.4. The molecule has 4 rings (SSSR count). The van der Waals surface area contributed by atoms with Crippen molar-refractivity contribution in [1.29, 1.82) is 0 Å². The fourth-order valence-corrected chi connectivity index (χ4v) is 6.65. The standard InChI is InChI=1S/C23H19N2P/c1-4-12-21(13-5-1)26(22-14-6-2-7-15-22,23-16-8-3-9-17-23)25-20-11-10-18-24-19-20/h1-19H. The molecule has 1 heterocycles. The van der Waals surface area contributed by atoms with Gasteiger partial charge in [-0.05, 0) is 12.1 Å². The number of hydrogen-bond donors (Lipinski definition) is 0. The van der Waals surface area contributed by atoms with E-state index in [9.17, 15) is 0 Å². The maximum Gasteiger partial charge on any atom is 0.0808 e. The number of pyridine rings is 1. The summed E-state index contributed by atoms with van der Waals surface area (Å²) in [5.74, 6) is 0. The van der Waals surface area contributed by atoms with Crippen LogP contribution in [-0.2, 0) is 0 Å². The Kier molecular flexibility index (Phi) is 4.77. The van der Waals surface area contributed by atoms with Gasteiger partial charge in [0.05, 0.1) is 18.9 Å². The van der Waals surface area contributed by atoms with Gasteiger partial charge in [-0.1, -0.05) is 91.0 Å². The van der Waals surface area contributed by atoms with E-state index in [4.69, 9.17) is 4.74 Å². The van der Waals surface area contributed by atoms with Gasteiger partial charge in [-0.15, -0.1) is 0 Å². The fraction of sp³-hybridized carbons (Fsp3) is 0. The first-order chi connectivity index (χ1) is 12.9. The predicted molar refractivity (Wildman–Crippen MR) is 111 cm³/mol. The van der Waals surface area contributed by atoms with E-state index >= 15 is 0 Å². The average molecular weight is 354 g/mol. The van der Waals surface area contributed by atoms with E-state index in [0.29, 0.717) is 0 Å². The molecule has 0 amide bonds. The lowest BCUT2D eigenvalue weighted by Crippen LogP contribution is -2.25. The summed E-state index contributed by atoms with van der Waals surface area (Å²) in [6.45, 7) is 0. The number of rotatable bonds is 4. The Morgan fingerprint density at radius 2 is 1.00 bits per heavy atom. The Bertz CT molecular complexity index is 911. The molecule has 3 aromatic carbocycles. The smallest absolute Gasteiger partial charge is 0.0808 e. The van der Waals surface area contributed by atoms with Crippen LogP contribution >= 0.6 is 7.05 Å². The van der Waals surface area contributed by atoms with Crippen molar-refractivity contribution >= 4 is 28.7 Å². The van der Waals surface area contributed by atoms with E-state index in [1.807, 2.05) is 18.3 Å². The summed E-state index contributed by atoms with van der Waals surface area (Å²) < 4.78 is 5.35. The maximum atomic E-state index is 5.35. The van der Waals surface area contributed by atoms with E-state index in [1.165, 1.54) is 15.9 Å². The van der Waals surface area contributed by atoms with Gasteiger partial charge in [0.2, 0.25) is 0 Å². The topological polar surface area (TPSA) is 25.2 Å². The number of aromatic nitrogens is 1. The van der Waals surface area contributed by atoms with Crippen LogP contribution < -0.4 is 15.9 Å². The van der Waals surface area contributed by atoms with Crippen molar-refractivity contribution in [2.24, 2.45) is 4.74 Å². The van der Waals surface area contributed by atoms with Gasteiger partial charge < -0.3 is 0 Å². The number of nitrogens with zero attached hydrogens (tertiary/aromatic N) is 2. The van der Waals surface area contributed by atoms with E-state index in [0.717, 1.165) is 5.69 Å². The molecule has 0 spiro atoms. The van der Waals surface area contributed by atoms with E-state index < -0.39 is 7.05 Å². The summed E-state index contributed by atoms with van der Waals surface area (Å²) in [4.78, 5) is 4.27. The summed E-state index contributed by atoms with van der Waals surface area (Å²) in [5, 5.41) is 3.71. The van der Waals surface area contributed by atoms with Crippen molar-refractivity contribution in [1.82, 2.24) is 4.98 Å². The second kappa shape index (κ2) is 7.51. The Morgan fingerprint density at radius 1 is 0.538 bits per heavy atom. The molecule has 0 aliphatic rings. The van der Waals surface area contributed by atoms with Crippen LogP contribution in [0.15, 0.2) is 120 Å². The number of hydrogen-bond acceptors (Lipinski definition) is 2. The third-order valence-electron chi connectivity index (χ3n) is 4.30. The van der Waals surface area contributed by atoms with Gasteiger partial charge in [0, 0.05) is 22.1 Å². The molecule has 4 aromatic rings. The molecule has 0 N–H and O–H groups in total. The van der Waals surface area contributed by atoms with Gasteiger partial charge in [0.25, 0.3) is 0 Å². The second-order valence-corrected chi connectivity index (χ2v) is 8.97. The van der Waals surface area contributed by atoms with E-state index in [1.54, 1.807) is 6.20 Å². The third-order valence-corrected chi connectivity index (χ3v) is 7.97. The van der Waals surface area contributed by atoms with Gasteiger partial charge >= 0.3 is 0 Å². The summed E-state index contributed by atoms with van der Waals surface area (Å²) in [6.07, 6.45) is 3.62. The van der Waals surface area contributed by atoms with Crippen molar-refractivity contribution in [2.75, 3.05) is 0 Å². The highest BCUT2D eigenvalue weighted by atomic mass is 31.2. The SMILES string of the molecule is c1ccc(P(=Nc2cccnc2)(c2ccccc2)c2ccccc2)cc1. The molecule has 0 aliphatic carbocycles. The molecule has 0 radical (unpaired) electrons. The molecule has 0 fully saturated rings. The van der Waals surface area contributed by atoms with Crippen molar-refractivity contribution < 1.29 is 0 Å². The quantitative estimate of drug-likeness (QED) is 0.479. The van der Waals surface area contributed by atoms with Crippen LogP contribution in [0.3, 0.4) is 0 Å². The molecule has 0 bridgehead atoms. The van der Waals surface area contributed by atoms with Crippen LogP contribution in [0.2, 0.25) is 0 Å². The molecule has 0 aliphatic heterocycles. The van der Waals surface area contributed by atoms with Crippen LogP contribution in [0, 0.1) is 0 Å². The Balaban J connectivity index is 2.13. The summed E-state index contributed by atoms with van der Waals surface area (Å²) in [5.41, 5.74) is 0.900. The first-order valence-corrected chi connectivity index (χ1v) is 10.3. The Morgan fingerprint density at radius 3 is 1.38 bits per heavy atom. The summed E-state index contributed by atoms with van der Waals surface area (Å²) in [7, 11) is -2.19. The molecule has 0 saturated heterocycles. The molecule has 2 nitrogen and oxygen atoms in total. The second-order valence-electron chi connectivity index (χ2n) is 5.95. The largest absolute Gasteiger partial charge is 0.262 e. The van der Waals surface area contributed by atoms with Crippen LogP contribution in [-0.4, -0.2) is 4.98 Å². The molecule has 3 heteroatoms. The first kappa shape index (κ1) is 16.5. The zero-order valence-corrected chi connectivity index (χ0v) is 15.2. The molecular formula is C23H19N2P. The average Bonchev–Trinajstić information content (AvgIpc) is 2.75. The van der Waals surface area contributed by atoms with Crippen LogP contribution in [0.1, 0.15) is 0 Å². The van der Waals surface area contributed by atoms with Crippen molar-refractivity contribution in [3.05, 3.63) is 116 Å². The molecule has 126 valence electrons. The summed E-state index contributed by atoms with van der Waals surface area (Å²) >= 11 is 0. The van der Waals surface area contributed by atoms with E-state index in [-0.39, 0.29) is 0 Å². The lowest BCUT2D eigenvalue weighted by molar-refractivity contribution is 1.31. The molecule has 26 heavy (non-hydrogen) atoms. The third kappa shape index (κ3) is 3.12. The lowest BCUT2D eigenvalue weighted by Gasteiger charge is -2.26. The van der Waals surface area contributed by atoms with Crippen molar-refractivity contribution in [3.63, 3.8) is 0 Å². The van der Waals surface area contributed by atoms with Gasteiger partial charge in [-0.3, -0.25) is 9.73 Å². The van der Waals surface area contributed by atoms with Crippen molar-refractivity contribution in [3.8, 4) is 0 Å².